The number of nitrogens with zero attached hydrogens (tertiary/aromatic N) is 3. The first kappa shape index (κ1) is 22.6. The number of likely N-dealkylation sites (N-methyl/N-ethyl adjacent to an activating group) is 2. The first-order valence-corrected chi connectivity index (χ1v) is 10.1. The lowest BCUT2D eigenvalue weighted by Gasteiger charge is -2.27. The third-order valence-corrected chi connectivity index (χ3v) is 4.19. The third-order valence-electron chi connectivity index (χ3n) is 3.27. The number of carbonyl (C=O) groups is 1. The van der Waals surface area contributed by atoms with E-state index in [1.807, 2.05) is 20.8 Å². The number of guanidine groups is 1. The van der Waals surface area contributed by atoms with E-state index in [4.69, 9.17) is 0 Å². The van der Waals surface area contributed by atoms with Crippen LogP contribution in [-0.4, -0.2) is 81.7 Å². The molecule has 0 fully saturated rings. The van der Waals surface area contributed by atoms with Crippen LogP contribution in [-0.2, 0) is 14.8 Å². The number of rotatable bonds is 9. The number of amides is 1. The molecular formula is C15H33N5O3S. The van der Waals surface area contributed by atoms with Crippen LogP contribution >= 0.6 is 0 Å². The van der Waals surface area contributed by atoms with Crippen molar-refractivity contribution in [3.05, 3.63) is 0 Å². The number of hydrogen-bond donors (Lipinski definition) is 2. The van der Waals surface area contributed by atoms with Crippen LogP contribution in [0.25, 0.3) is 0 Å². The van der Waals surface area contributed by atoms with E-state index >= 15 is 0 Å². The summed E-state index contributed by atoms with van der Waals surface area (Å²) in [4.78, 5) is 20.2. The van der Waals surface area contributed by atoms with Gasteiger partial charge in [0.1, 0.15) is 0 Å². The van der Waals surface area contributed by atoms with Gasteiger partial charge in [-0.15, -0.1) is 0 Å². The highest BCUT2D eigenvalue weighted by atomic mass is 32.2. The molecule has 0 aromatic carbocycles. The Bertz CT molecular complexity index is 527. The maximum Gasteiger partial charge on any atom is 0.242 e. The molecule has 0 spiro atoms. The lowest BCUT2D eigenvalue weighted by Crippen LogP contribution is -2.48. The van der Waals surface area contributed by atoms with Gasteiger partial charge < -0.3 is 15.1 Å². The lowest BCUT2D eigenvalue weighted by molar-refractivity contribution is -0.131. The summed E-state index contributed by atoms with van der Waals surface area (Å²) in [6, 6.07) is 0. The number of sulfonamides is 1. The third kappa shape index (κ3) is 9.07. The first-order chi connectivity index (χ1) is 11.0. The normalized spacial score (nSPS) is 12.9. The van der Waals surface area contributed by atoms with Crippen molar-refractivity contribution in [3.8, 4) is 0 Å². The summed E-state index contributed by atoms with van der Waals surface area (Å²) >= 11 is 0. The SMILES string of the molecule is CCNC(=NCC(C)(C)NS(C)(=O)=O)N(C)CC(=O)N(CC)CC. The summed E-state index contributed by atoms with van der Waals surface area (Å²) < 4.78 is 25.4. The molecule has 24 heavy (non-hydrogen) atoms. The molecule has 0 radical (unpaired) electrons. The van der Waals surface area contributed by atoms with Gasteiger partial charge in [-0.25, -0.2) is 13.1 Å². The Labute approximate surface area is 146 Å². The van der Waals surface area contributed by atoms with Crippen molar-refractivity contribution in [2.24, 2.45) is 4.99 Å². The Morgan fingerprint density at radius 1 is 1.17 bits per heavy atom. The molecule has 0 aromatic rings. The molecule has 0 atom stereocenters. The van der Waals surface area contributed by atoms with Crippen LogP contribution in [0.4, 0.5) is 0 Å². The van der Waals surface area contributed by atoms with Crippen LogP contribution in [0.15, 0.2) is 4.99 Å². The molecule has 142 valence electrons. The van der Waals surface area contributed by atoms with Gasteiger partial charge in [-0.2, -0.15) is 0 Å². The van der Waals surface area contributed by atoms with Gasteiger partial charge in [0.15, 0.2) is 5.96 Å². The van der Waals surface area contributed by atoms with Crippen molar-refractivity contribution in [2.45, 2.75) is 40.2 Å². The summed E-state index contributed by atoms with van der Waals surface area (Å²) in [5.74, 6) is 0.600. The van der Waals surface area contributed by atoms with Crippen LogP contribution in [0, 0.1) is 0 Å². The van der Waals surface area contributed by atoms with E-state index in [1.54, 1.807) is 30.7 Å². The second-order valence-electron chi connectivity index (χ2n) is 6.35. The Morgan fingerprint density at radius 3 is 2.12 bits per heavy atom. The van der Waals surface area contributed by atoms with Crippen molar-refractivity contribution < 1.29 is 13.2 Å². The quantitative estimate of drug-likeness (QED) is 0.447. The van der Waals surface area contributed by atoms with Gasteiger partial charge in [-0.05, 0) is 34.6 Å². The number of aliphatic imine (C=N–C) groups is 1. The fourth-order valence-corrected chi connectivity index (χ4v) is 3.30. The van der Waals surface area contributed by atoms with Crippen molar-refractivity contribution >= 4 is 21.9 Å². The van der Waals surface area contributed by atoms with Crippen molar-refractivity contribution in [1.82, 2.24) is 19.8 Å². The van der Waals surface area contributed by atoms with Crippen LogP contribution < -0.4 is 10.0 Å². The second kappa shape index (κ2) is 9.83. The molecule has 0 aliphatic rings. The molecule has 8 nitrogen and oxygen atoms in total. The van der Waals surface area contributed by atoms with E-state index in [0.717, 1.165) is 6.26 Å². The van der Waals surface area contributed by atoms with E-state index in [9.17, 15) is 13.2 Å². The first-order valence-electron chi connectivity index (χ1n) is 8.21. The van der Waals surface area contributed by atoms with Crippen LogP contribution in [0.3, 0.4) is 0 Å². The fourth-order valence-electron chi connectivity index (χ4n) is 2.23. The molecule has 0 rings (SSSR count). The standard InChI is InChI=1S/C15H33N5O3S/c1-8-16-14(17-12-15(4,5)18-24(7,22)23)19(6)11-13(21)20(9-2)10-3/h18H,8-12H2,1-7H3,(H,16,17). The summed E-state index contributed by atoms with van der Waals surface area (Å²) in [6.45, 7) is 11.8. The van der Waals surface area contributed by atoms with Crippen LogP contribution in [0.1, 0.15) is 34.6 Å². The van der Waals surface area contributed by atoms with E-state index in [0.29, 0.717) is 25.6 Å². The van der Waals surface area contributed by atoms with Gasteiger partial charge in [0.2, 0.25) is 15.9 Å². The Balaban J connectivity index is 5.03. The molecule has 0 aliphatic heterocycles. The summed E-state index contributed by atoms with van der Waals surface area (Å²) in [7, 11) is -1.52. The summed E-state index contributed by atoms with van der Waals surface area (Å²) in [6.07, 6.45) is 1.12. The van der Waals surface area contributed by atoms with Gasteiger partial charge in [0, 0.05) is 32.2 Å². The topological polar surface area (TPSA) is 94.1 Å². The molecule has 0 bridgehead atoms. The Kier molecular flexibility index (Phi) is 9.27. The number of hydrogen-bond acceptors (Lipinski definition) is 4. The van der Waals surface area contributed by atoms with E-state index in [-0.39, 0.29) is 19.0 Å². The van der Waals surface area contributed by atoms with Gasteiger partial charge >= 0.3 is 0 Å². The van der Waals surface area contributed by atoms with Gasteiger partial charge in [0.25, 0.3) is 0 Å². The van der Waals surface area contributed by atoms with Gasteiger partial charge in [0.05, 0.1) is 19.3 Å². The van der Waals surface area contributed by atoms with Crippen molar-refractivity contribution in [1.29, 1.82) is 0 Å². The maximum atomic E-state index is 12.2. The van der Waals surface area contributed by atoms with E-state index in [2.05, 4.69) is 15.0 Å². The van der Waals surface area contributed by atoms with Gasteiger partial charge in [-0.3, -0.25) is 9.79 Å². The molecule has 9 heteroatoms. The molecule has 0 saturated heterocycles. The zero-order valence-electron chi connectivity index (χ0n) is 16.0. The minimum Gasteiger partial charge on any atom is -0.357 e. The summed E-state index contributed by atoms with van der Waals surface area (Å²) in [5, 5.41) is 3.13. The molecule has 0 saturated carbocycles. The average Bonchev–Trinajstić information content (AvgIpc) is 2.41. The minimum absolute atomic E-state index is 0.0293. The fraction of sp³-hybridized carbons (Fsp3) is 0.867. The Morgan fingerprint density at radius 2 is 1.71 bits per heavy atom. The largest absolute Gasteiger partial charge is 0.357 e. The van der Waals surface area contributed by atoms with Crippen LogP contribution in [0.5, 0.6) is 0 Å². The predicted molar refractivity (Wildman–Crippen MR) is 98.6 cm³/mol. The molecular weight excluding hydrogens is 330 g/mol. The van der Waals surface area contributed by atoms with Crippen LogP contribution in [0.2, 0.25) is 0 Å². The molecule has 0 aliphatic carbocycles. The second-order valence-corrected chi connectivity index (χ2v) is 8.10. The van der Waals surface area contributed by atoms with E-state index in [1.165, 1.54) is 0 Å². The summed E-state index contributed by atoms with van der Waals surface area (Å²) in [5.41, 5.74) is -0.710. The minimum atomic E-state index is -3.31. The smallest absolute Gasteiger partial charge is 0.242 e. The Hall–Kier alpha value is -1.35. The highest BCUT2D eigenvalue weighted by molar-refractivity contribution is 7.88. The molecule has 0 heterocycles. The molecule has 2 N–H and O–H groups in total. The number of carbonyl (C=O) groups excluding carboxylic acids is 1. The zero-order valence-corrected chi connectivity index (χ0v) is 16.8. The molecule has 0 aromatic heterocycles. The highest BCUT2D eigenvalue weighted by Gasteiger charge is 2.23. The molecule has 0 unspecified atom stereocenters. The molecule has 1 amide bonds. The lowest BCUT2D eigenvalue weighted by atomic mass is 10.1. The predicted octanol–water partition coefficient (Wildman–Crippen LogP) is 0.0799. The monoisotopic (exact) mass is 363 g/mol. The van der Waals surface area contributed by atoms with Crippen molar-refractivity contribution in [3.63, 3.8) is 0 Å². The number of nitrogens with one attached hydrogen (secondary N) is 2. The maximum absolute atomic E-state index is 12.2. The van der Waals surface area contributed by atoms with E-state index < -0.39 is 15.6 Å². The van der Waals surface area contributed by atoms with Gasteiger partial charge in [-0.1, -0.05) is 0 Å². The highest BCUT2D eigenvalue weighted by Crippen LogP contribution is 2.05. The van der Waals surface area contributed by atoms with Crippen molar-refractivity contribution in [2.75, 3.05) is 46.0 Å². The average molecular weight is 364 g/mol. The zero-order chi connectivity index (χ0) is 19.0.